The molecule has 0 amide bonds. The fraction of sp³-hybridized carbons (Fsp3) is 0.647. The van der Waals surface area contributed by atoms with E-state index in [9.17, 15) is 0 Å². The van der Waals surface area contributed by atoms with E-state index in [0.717, 1.165) is 25.4 Å². The molecule has 3 nitrogen and oxygen atoms in total. The number of benzene rings is 1. The maximum atomic E-state index is 6.07. The third kappa shape index (κ3) is 3.97. The van der Waals surface area contributed by atoms with Crippen molar-refractivity contribution < 1.29 is 0 Å². The second-order valence-electron chi connectivity index (χ2n) is 6.29. The summed E-state index contributed by atoms with van der Waals surface area (Å²) in [6, 6.07) is 8.99. The molecule has 1 heterocycles. The number of hydrogen-bond acceptors (Lipinski definition) is 3. The Morgan fingerprint density at radius 3 is 2.15 bits per heavy atom. The molecule has 1 aliphatic heterocycles. The van der Waals surface area contributed by atoms with Gasteiger partial charge in [-0.2, -0.15) is 0 Å². The van der Waals surface area contributed by atoms with Crippen LogP contribution in [0.1, 0.15) is 38.8 Å². The Morgan fingerprint density at radius 1 is 1.05 bits per heavy atom. The average molecular weight is 275 g/mol. The molecule has 1 aromatic rings. The number of hydrogen-bond donors (Lipinski definition) is 1. The lowest BCUT2D eigenvalue weighted by Crippen LogP contribution is -2.47. The number of nitrogens with zero attached hydrogens (tertiary/aromatic N) is 2. The third-order valence-electron chi connectivity index (χ3n) is 4.12. The minimum atomic E-state index is 0.173. The van der Waals surface area contributed by atoms with Crippen LogP contribution in [-0.2, 0) is 0 Å². The Hall–Kier alpha value is -1.06. The molecule has 1 aliphatic rings. The van der Waals surface area contributed by atoms with E-state index in [1.54, 1.807) is 0 Å². The Kier molecular flexibility index (Phi) is 5.44. The molecule has 0 spiro atoms. The van der Waals surface area contributed by atoms with Gasteiger partial charge in [0.1, 0.15) is 0 Å². The van der Waals surface area contributed by atoms with Crippen molar-refractivity contribution >= 4 is 5.69 Å². The van der Waals surface area contributed by atoms with E-state index in [0.29, 0.717) is 0 Å². The lowest BCUT2D eigenvalue weighted by Gasteiger charge is -2.37. The van der Waals surface area contributed by atoms with Gasteiger partial charge in [0.25, 0.3) is 0 Å². The van der Waals surface area contributed by atoms with Gasteiger partial charge in [0.05, 0.1) is 0 Å². The van der Waals surface area contributed by atoms with Crippen molar-refractivity contribution in [1.82, 2.24) is 4.90 Å². The van der Waals surface area contributed by atoms with Gasteiger partial charge in [0, 0.05) is 44.5 Å². The SMILES string of the molecule is CC[C@@H](N)c1ccc(N2CCN(CC(C)C)CC2)cc1. The number of nitrogens with two attached hydrogens (primary N) is 1. The summed E-state index contributed by atoms with van der Waals surface area (Å²) in [7, 11) is 0. The maximum absolute atomic E-state index is 6.07. The van der Waals surface area contributed by atoms with E-state index in [1.807, 2.05) is 0 Å². The van der Waals surface area contributed by atoms with Gasteiger partial charge in [-0.25, -0.2) is 0 Å². The first kappa shape index (κ1) is 15.3. The molecule has 0 saturated carbocycles. The fourth-order valence-corrected chi connectivity index (χ4v) is 2.87. The molecule has 2 N–H and O–H groups in total. The van der Waals surface area contributed by atoms with Gasteiger partial charge >= 0.3 is 0 Å². The molecule has 2 rings (SSSR count). The summed E-state index contributed by atoms with van der Waals surface area (Å²) in [5, 5.41) is 0. The van der Waals surface area contributed by atoms with Crippen molar-refractivity contribution in [3.05, 3.63) is 29.8 Å². The minimum Gasteiger partial charge on any atom is -0.369 e. The molecule has 1 saturated heterocycles. The van der Waals surface area contributed by atoms with Gasteiger partial charge in [-0.15, -0.1) is 0 Å². The van der Waals surface area contributed by atoms with Gasteiger partial charge in [0.15, 0.2) is 0 Å². The van der Waals surface area contributed by atoms with E-state index < -0.39 is 0 Å². The van der Waals surface area contributed by atoms with Crippen LogP contribution in [0.15, 0.2) is 24.3 Å². The van der Waals surface area contributed by atoms with Crippen molar-refractivity contribution in [3.63, 3.8) is 0 Å². The average Bonchev–Trinajstić information content (AvgIpc) is 2.47. The Morgan fingerprint density at radius 2 is 1.65 bits per heavy atom. The molecule has 1 aromatic carbocycles. The van der Waals surface area contributed by atoms with Gasteiger partial charge in [-0.05, 0) is 30.0 Å². The summed E-state index contributed by atoms with van der Waals surface area (Å²) >= 11 is 0. The van der Waals surface area contributed by atoms with Crippen LogP contribution in [-0.4, -0.2) is 37.6 Å². The van der Waals surface area contributed by atoms with Crippen molar-refractivity contribution in [2.45, 2.75) is 33.2 Å². The molecule has 1 fully saturated rings. The van der Waals surface area contributed by atoms with Crippen LogP contribution in [0.25, 0.3) is 0 Å². The van der Waals surface area contributed by atoms with E-state index in [2.05, 4.69) is 54.8 Å². The molecule has 1 atom stereocenters. The molecule has 0 aliphatic carbocycles. The number of anilines is 1. The highest BCUT2D eigenvalue weighted by Crippen LogP contribution is 2.21. The predicted octanol–water partition coefficient (Wildman–Crippen LogP) is 2.87. The molecule has 0 aromatic heterocycles. The predicted molar refractivity (Wildman–Crippen MR) is 87.2 cm³/mol. The van der Waals surface area contributed by atoms with Crippen LogP contribution in [0.5, 0.6) is 0 Å². The monoisotopic (exact) mass is 275 g/mol. The second-order valence-corrected chi connectivity index (χ2v) is 6.29. The van der Waals surface area contributed by atoms with E-state index in [4.69, 9.17) is 5.73 Å². The van der Waals surface area contributed by atoms with Crippen molar-refractivity contribution in [2.24, 2.45) is 11.7 Å². The summed E-state index contributed by atoms with van der Waals surface area (Å²) in [6.07, 6.45) is 0.993. The number of piperazine rings is 1. The lowest BCUT2D eigenvalue weighted by atomic mass is 10.0. The molecule has 0 radical (unpaired) electrons. The summed E-state index contributed by atoms with van der Waals surface area (Å²) < 4.78 is 0. The summed E-state index contributed by atoms with van der Waals surface area (Å²) in [5.74, 6) is 0.761. The third-order valence-corrected chi connectivity index (χ3v) is 4.12. The zero-order valence-corrected chi connectivity index (χ0v) is 13.2. The van der Waals surface area contributed by atoms with Crippen LogP contribution in [0, 0.1) is 5.92 Å². The first-order chi connectivity index (χ1) is 9.60. The molecule has 0 unspecified atom stereocenters. The highest BCUT2D eigenvalue weighted by molar-refractivity contribution is 5.48. The van der Waals surface area contributed by atoms with E-state index in [1.165, 1.54) is 30.9 Å². The molecule has 3 heteroatoms. The molecule has 0 bridgehead atoms. The summed E-state index contributed by atoms with van der Waals surface area (Å²) in [4.78, 5) is 5.06. The Bertz CT molecular complexity index is 391. The smallest absolute Gasteiger partial charge is 0.0367 e. The van der Waals surface area contributed by atoms with Crippen LogP contribution >= 0.6 is 0 Å². The van der Waals surface area contributed by atoms with Crippen molar-refractivity contribution in [2.75, 3.05) is 37.6 Å². The molecule has 20 heavy (non-hydrogen) atoms. The minimum absolute atomic E-state index is 0.173. The van der Waals surface area contributed by atoms with Gasteiger partial charge in [0.2, 0.25) is 0 Å². The quantitative estimate of drug-likeness (QED) is 0.897. The topological polar surface area (TPSA) is 32.5 Å². The maximum Gasteiger partial charge on any atom is 0.0367 e. The Labute approximate surface area is 123 Å². The first-order valence-electron chi connectivity index (χ1n) is 7.93. The van der Waals surface area contributed by atoms with Crippen LogP contribution in [0.3, 0.4) is 0 Å². The van der Waals surface area contributed by atoms with E-state index in [-0.39, 0.29) is 6.04 Å². The molecular weight excluding hydrogens is 246 g/mol. The van der Waals surface area contributed by atoms with Gasteiger partial charge in [-0.1, -0.05) is 32.9 Å². The normalized spacial score (nSPS) is 18.6. The Balaban J connectivity index is 1.90. The summed E-state index contributed by atoms with van der Waals surface area (Å²) in [6.45, 7) is 12.6. The molecule has 112 valence electrons. The van der Waals surface area contributed by atoms with E-state index >= 15 is 0 Å². The highest BCUT2D eigenvalue weighted by Gasteiger charge is 2.17. The van der Waals surface area contributed by atoms with Crippen molar-refractivity contribution in [3.8, 4) is 0 Å². The second kappa shape index (κ2) is 7.09. The van der Waals surface area contributed by atoms with Crippen molar-refractivity contribution in [1.29, 1.82) is 0 Å². The van der Waals surface area contributed by atoms with Crippen LogP contribution < -0.4 is 10.6 Å². The zero-order valence-electron chi connectivity index (χ0n) is 13.2. The highest BCUT2D eigenvalue weighted by atomic mass is 15.3. The standard InChI is InChI=1S/C17H29N3/c1-4-17(18)15-5-7-16(8-6-15)20-11-9-19(10-12-20)13-14(2)3/h5-8,14,17H,4,9-13,18H2,1-3H3/t17-/m1/s1. The van der Waals surface area contributed by atoms with Crippen LogP contribution in [0.4, 0.5) is 5.69 Å². The molecular formula is C17H29N3. The first-order valence-corrected chi connectivity index (χ1v) is 7.93. The zero-order chi connectivity index (χ0) is 14.5. The van der Waals surface area contributed by atoms with Gasteiger partial charge in [-0.3, -0.25) is 4.90 Å². The lowest BCUT2D eigenvalue weighted by molar-refractivity contribution is 0.231. The van der Waals surface area contributed by atoms with Gasteiger partial charge < -0.3 is 10.6 Å². The largest absolute Gasteiger partial charge is 0.369 e. The number of rotatable bonds is 5. The van der Waals surface area contributed by atoms with Crippen LogP contribution in [0.2, 0.25) is 0 Å². The fourth-order valence-electron chi connectivity index (χ4n) is 2.87. The summed E-state index contributed by atoms with van der Waals surface area (Å²) in [5.41, 5.74) is 8.65.